The number of aliphatic hydroxyl groups is 1. The van der Waals surface area contributed by atoms with Crippen molar-refractivity contribution in [2.75, 3.05) is 18.5 Å². The van der Waals surface area contributed by atoms with Crippen molar-refractivity contribution in [3.05, 3.63) is 53.9 Å². The molecule has 0 spiro atoms. The summed E-state index contributed by atoms with van der Waals surface area (Å²) in [6, 6.07) is 10.3. The van der Waals surface area contributed by atoms with Crippen molar-refractivity contribution in [3.63, 3.8) is 0 Å². The van der Waals surface area contributed by atoms with E-state index in [2.05, 4.69) is 27.4 Å². The van der Waals surface area contributed by atoms with Crippen LogP contribution in [0.5, 0.6) is 0 Å². The Hall–Kier alpha value is -2.47. The molecule has 1 saturated carbocycles. The average Bonchev–Trinajstić information content (AvgIpc) is 2.59. The molecular formula is C18H21N3O3. The fraction of sp³-hybridized carbons (Fsp3) is 0.389. The third-order valence-electron chi connectivity index (χ3n) is 4.46. The number of ether oxygens (including phenoxy) is 1. The van der Waals surface area contributed by atoms with Crippen LogP contribution in [0.15, 0.2) is 42.7 Å². The molecular weight excluding hydrogens is 306 g/mol. The molecule has 0 unspecified atom stereocenters. The summed E-state index contributed by atoms with van der Waals surface area (Å²) in [5, 5.41) is 13.1. The molecule has 1 aromatic heterocycles. The summed E-state index contributed by atoms with van der Waals surface area (Å²) in [4.78, 5) is 19.9. The Morgan fingerprint density at radius 2 is 1.96 bits per heavy atom. The first-order chi connectivity index (χ1) is 11.7. The smallest absolute Gasteiger partial charge is 0.341 e. The Bertz CT molecular complexity index is 682. The molecule has 3 rings (SSSR count). The molecule has 0 saturated heterocycles. The van der Waals surface area contributed by atoms with Gasteiger partial charge in [-0.2, -0.15) is 0 Å². The number of esters is 1. The van der Waals surface area contributed by atoms with Gasteiger partial charge in [0.1, 0.15) is 0 Å². The number of nitrogens with zero attached hydrogens (tertiary/aromatic N) is 2. The molecule has 1 fully saturated rings. The molecule has 1 aromatic carbocycles. The van der Waals surface area contributed by atoms with Crippen LogP contribution in [-0.4, -0.2) is 40.3 Å². The Morgan fingerprint density at radius 3 is 2.54 bits per heavy atom. The summed E-state index contributed by atoms with van der Waals surface area (Å²) < 4.78 is 4.90. The lowest BCUT2D eigenvalue weighted by molar-refractivity contribution is 0.0525. The van der Waals surface area contributed by atoms with Crippen LogP contribution >= 0.6 is 0 Å². The Labute approximate surface area is 140 Å². The van der Waals surface area contributed by atoms with Gasteiger partial charge >= 0.3 is 5.97 Å². The van der Waals surface area contributed by atoms with Crippen molar-refractivity contribution in [2.24, 2.45) is 0 Å². The Balaban J connectivity index is 1.60. The second kappa shape index (κ2) is 6.97. The average molecular weight is 327 g/mol. The highest BCUT2D eigenvalue weighted by Gasteiger charge is 2.45. The zero-order valence-corrected chi connectivity index (χ0v) is 13.6. The van der Waals surface area contributed by atoms with Crippen LogP contribution < -0.4 is 5.32 Å². The molecule has 2 aromatic rings. The van der Waals surface area contributed by atoms with E-state index in [0.717, 1.165) is 18.4 Å². The molecule has 0 bridgehead atoms. The zero-order chi connectivity index (χ0) is 17.0. The maximum Gasteiger partial charge on any atom is 0.341 e. The lowest BCUT2D eigenvalue weighted by atomic mass is 9.62. The van der Waals surface area contributed by atoms with Crippen LogP contribution in [-0.2, 0) is 10.2 Å². The second-order valence-corrected chi connectivity index (χ2v) is 6.07. The number of hydrogen-bond donors (Lipinski definition) is 2. The molecule has 1 aliphatic rings. The Kier molecular flexibility index (Phi) is 4.76. The number of aliphatic hydroxyl groups excluding tert-OH is 1. The Morgan fingerprint density at radius 1 is 1.29 bits per heavy atom. The van der Waals surface area contributed by atoms with E-state index < -0.39 is 5.97 Å². The van der Waals surface area contributed by atoms with E-state index in [1.165, 1.54) is 12.4 Å². The van der Waals surface area contributed by atoms with Gasteiger partial charge in [0.2, 0.25) is 5.95 Å². The van der Waals surface area contributed by atoms with Gasteiger partial charge in [0.25, 0.3) is 0 Å². The topological polar surface area (TPSA) is 84.3 Å². The fourth-order valence-electron chi connectivity index (χ4n) is 3.14. The molecule has 126 valence electrons. The molecule has 0 atom stereocenters. The molecule has 24 heavy (non-hydrogen) atoms. The molecule has 1 aliphatic carbocycles. The first-order valence-electron chi connectivity index (χ1n) is 8.09. The SMILES string of the molecule is CCOC(=O)c1cnc(NC2CC(CO)(c3ccccc3)C2)nc1. The van der Waals surface area contributed by atoms with E-state index in [9.17, 15) is 9.90 Å². The summed E-state index contributed by atoms with van der Waals surface area (Å²) in [5.41, 5.74) is 1.30. The predicted octanol–water partition coefficient (Wildman–Crippen LogP) is 2.16. The summed E-state index contributed by atoms with van der Waals surface area (Å²) >= 11 is 0. The van der Waals surface area contributed by atoms with Gasteiger partial charge in [-0.1, -0.05) is 30.3 Å². The number of carbonyl (C=O) groups is 1. The van der Waals surface area contributed by atoms with E-state index in [0.29, 0.717) is 18.1 Å². The largest absolute Gasteiger partial charge is 0.462 e. The van der Waals surface area contributed by atoms with Crippen molar-refractivity contribution >= 4 is 11.9 Å². The monoisotopic (exact) mass is 327 g/mol. The lowest BCUT2D eigenvalue weighted by Crippen LogP contribution is -2.50. The van der Waals surface area contributed by atoms with Crippen molar-refractivity contribution in [1.82, 2.24) is 9.97 Å². The van der Waals surface area contributed by atoms with Gasteiger partial charge in [-0.25, -0.2) is 14.8 Å². The first-order valence-corrected chi connectivity index (χ1v) is 8.09. The second-order valence-electron chi connectivity index (χ2n) is 6.07. The number of rotatable bonds is 6. The molecule has 1 heterocycles. The highest BCUT2D eigenvalue weighted by Crippen LogP contribution is 2.44. The van der Waals surface area contributed by atoms with Crippen molar-refractivity contribution in [2.45, 2.75) is 31.2 Å². The van der Waals surface area contributed by atoms with Crippen LogP contribution in [0.3, 0.4) is 0 Å². The molecule has 6 nitrogen and oxygen atoms in total. The zero-order valence-electron chi connectivity index (χ0n) is 13.6. The maximum absolute atomic E-state index is 11.6. The lowest BCUT2D eigenvalue weighted by Gasteiger charge is -2.47. The van der Waals surface area contributed by atoms with Crippen molar-refractivity contribution in [3.8, 4) is 0 Å². The van der Waals surface area contributed by atoms with Crippen LogP contribution in [0.1, 0.15) is 35.7 Å². The van der Waals surface area contributed by atoms with Gasteiger partial charge < -0.3 is 15.2 Å². The number of nitrogens with one attached hydrogen (secondary N) is 1. The fourth-order valence-corrected chi connectivity index (χ4v) is 3.14. The minimum Gasteiger partial charge on any atom is -0.462 e. The van der Waals surface area contributed by atoms with E-state index >= 15 is 0 Å². The molecule has 6 heteroatoms. The van der Waals surface area contributed by atoms with Crippen molar-refractivity contribution < 1.29 is 14.6 Å². The van der Waals surface area contributed by atoms with Gasteiger partial charge in [-0.15, -0.1) is 0 Å². The summed E-state index contributed by atoms with van der Waals surface area (Å²) in [5.74, 6) is 0.0590. The number of aromatic nitrogens is 2. The summed E-state index contributed by atoms with van der Waals surface area (Å²) in [6.07, 6.45) is 4.55. The quantitative estimate of drug-likeness (QED) is 0.791. The minimum atomic E-state index is -0.420. The summed E-state index contributed by atoms with van der Waals surface area (Å²) in [6.45, 7) is 2.20. The minimum absolute atomic E-state index is 0.123. The van der Waals surface area contributed by atoms with E-state index in [-0.39, 0.29) is 18.1 Å². The van der Waals surface area contributed by atoms with Gasteiger partial charge in [0, 0.05) is 23.9 Å². The van der Waals surface area contributed by atoms with Crippen molar-refractivity contribution in [1.29, 1.82) is 0 Å². The van der Waals surface area contributed by atoms with E-state index in [1.807, 2.05) is 18.2 Å². The van der Waals surface area contributed by atoms with Gasteiger partial charge in [-0.05, 0) is 25.3 Å². The molecule has 0 radical (unpaired) electrons. The third kappa shape index (κ3) is 3.23. The van der Waals surface area contributed by atoms with Crippen LogP contribution in [0.2, 0.25) is 0 Å². The molecule has 0 aliphatic heterocycles. The number of anilines is 1. The maximum atomic E-state index is 11.6. The predicted molar refractivity (Wildman–Crippen MR) is 89.8 cm³/mol. The molecule has 0 amide bonds. The number of carbonyl (C=O) groups excluding carboxylic acids is 1. The van der Waals surface area contributed by atoms with Crippen LogP contribution in [0, 0.1) is 0 Å². The van der Waals surface area contributed by atoms with Gasteiger partial charge in [0.15, 0.2) is 0 Å². The highest BCUT2D eigenvalue weighted by atomic mass is 16.5. The van der Waals surface area contributed by atoms with E-state index in [4.69, 9.17) is 4.74 Å². The number of hydrogen-bond acceptors (Lipinski definition) is 6. The van der Waals surface area contributed by atoms with Gasteiger partial charge in [-0.3, -0.25) is 0 Å². The summed E-state index contributed by atoms with van der Waals surface area (Å²) in [7, 11) is 0. The van der Waals surface area contributed by atoms with E-state index in [1.54, 1.807) is 6.92 Å². The highest BCUT2D eigenvalue weighted by molar-refractivity contribution is 5.88. The van der Waals surface area contributed by atoms with Gasteiger partial charge in [0.05, 0.1) is 18.8 Å². The number of benzene rings is 1. The van der Waals surface area contributed by atoms with Crippen LogP contribution in [0.25, 0.3) is 0 Å². The first kappa shape index (κ1) is 16.4. The standard InChI is InChI=1S/C18H21N3O3/c1-2-24-16(23)13-10-19-17(20-11-13)21-15-8-18(9-15,12-22)14-6-4-3-5-7-14/h3-7,10-11,15,22H,2,8-9,12H2,1H3,(H,19,20,21). The third-order valence-corrected chi connectivity index (χ3v) is 4.46. The molecule has 2 N–H and O–H groups in total. The normalized spacial score (nSPS) is 22.5. The van der Waals surface area contributed by atoms with Crippen LogP contribution in [0.4, 0.5) is 5.95 Å².